The van der Waals surface area contributed by atoms with Gasteiger partial charge in [-0.25, -0.2) is 14.4 Å². The van der Waals surface area contributed by atoms with Gasteiger partial charge in [0.05, 0.1) is 11.1 Å². The number of carbonyl (C=O) groups is 3. The van der Waals surface area contributed by atoms with Gasteiger partial charge in [0.15, 0.2) is 0 Å². The maximum Gasteiger partial charge on any atom is 0.339 e. The third kappa shape index (κ3) is 8.01. The van der Waals surface area contributed by atoms with Crippen LogP contribution < -0.4 is 0 Å². The van der Waals surface area contributed by atoms with Crippen LogP contribution in [-0.2, 0) is 0 Å². The molecule has 9 heteroatoms. The number of phenolic OH excluding ortho intramolecular Hbond substituents is 2. The van der Waals surface area contributed by atoms with Crippen molar-refractivity contribution in [1.29, 1.82) is 0 Å². The van der Waals surface area contributed by atoms with Crippen molar-refractivity contribution in [2.24, 2.45) is 0 Å². The lowest BCUT2D eigenvalue weighted by molar-refractivity contribution is 0.0683. The molecule has 3 rings (SSSR count). The second-order valence-electron chi connectivity index (χ2n) is 5.53. The van der Waals surface area contributed by atoms with Crippen molar-refractivity contribution in [2.75, 3.05) is 0 Å². The summed E-state index contributed by atoms with van der Waals surface area (Å²) < 4.78 is 0. The minimum atomic E-state index is -1.11. The maximum atomic E-state index is 10.3. The van der Waals surface area contributed by atoms with Crippen LogP contribution in [0.15, 0.2) is 72.8 Å². The smallest absolute Gasteiger partial charge is 0.339 e. The van der Waals surface area contributed by atoms with Crippen LogP contribution in [0.4, 0.5) is 0 Å². The number of benzene rings is 3. The van der Waals surface area contributed by atoms with Gasteiger partial charge >= 0.3 is 17.9 Å². The van der Waals surface area contributed by atoms with Gasteiger partial charge in [-0.15, -0.1) is 0 Å². The molecule has 0 amide bonds. The van der Waals surface area contributed by atoms with Crippen LogP contribution in [0.25, 0.3) is 0 Å². The lowest BCUT2D eigenvalue weighted by Gasteiger charge is -1.95. The van der Waals surface area contributed by atoms with Crippen molar-refractivity contribution in [1.82, 2.24) is 0 Å². The average Bonchev–Trinajstić information content (AvgIpc) is 2.69. The molecule has 3 aromatic carbocycles. The first-order chi connectivity index (χ1) is 14.1. The number of hydrogen-bond acceptors (Lipinski definition) is 6. The molecule has 0 aromatic heterocycles. The first-order valence-electron chi connectivity index (χ1n) is 8.17. The molecule has 156 valence electrons. The first-order valence-corrected chi connectivity index (χ1v) is 8.17. The van der Waals surface area contributed by atoms with Crippen molar-refractivity contribution in [3.8, 4) is 17.2 Å². The van der Waals surface area contributed by atoms with Gasteiger partial charge in [0.2, 0.25) is 0 Å². The summed E-state index contributed by atoms with van der Waals surface area (Å²) in [4.78, 5) is 30.7. The highest BCUT2D eigenvalue weighted by Gasteiger charge is 2.05. The minimum Gasteiger partial charge on any atom is -0.508 e. The zero-order valence-corrected chi connectivity index (χ0v) is 15.3. The van der Waals surface area contributed by atoms with Crippen molar-refractivity contribution >= 4 is 17.9 Å². The Morgan fingerprint density at radius 1 is 0.533 bits per heavy atom. The monoisotopic (exact) mass is 414 g/mol. The third-order valence-corrected chi connectivity index (χ3v) is 3.34. The number of aromatic hydroxyl groups is 3. The molecule has 0 aliphatic carbocycles. The van der Waals surface area contributed by atoms with Crippen LogP contribution >= 0.6 is 0 Å². The summed E-state index contributed by atoms with van der Waals surface area (Å²) in [6, 6.07) is 16.7. The Balaban J connectivity index is 0.000000225. The molecule has 0 aliphatic heterocycles. The average molecular weight is 414 g/mol. The molecule has 30 heavy (non-hydrogen) atoms. The molecule has 0 radical (unpaired) electrons. The number of rotatable bonds is 3. The molecule has 0 unspecified atom stereocenters. The lowest BCUT2D eigenvalue weighted by atomic mass is 10.2. The molecule has 0 atom stereocenters. The van der Waals surface area contributed by atoms with E-state index >= 15 is 0 Å². The number of carboxylic acid groups (broad SMARTS) is 3. The maximum absolute atomic E-state index is 10.3. The summed E-state index contributed by atoms with van der Waals surface area (Å²) >= 11 is 0. The molecule has 0 aliphatic rings. The van der Waals surface area contributed by atoms with Crippen molar-refractivity contribution in [3.63, 3.8) is 0 Å². The highest BCUT2D eigenvalue weighted by molar-refractivity contribution is 5.90. The van der Waals surface area contributed by atoms with Crippen LogP contribution in [0.3, 0.4) is 0 Å². The Morgan fingerprint density at radius 3 is 1.50 bits per heavy atom. The zero-order chi connectivity index (χ0) is 22.7. The van der Waals surface area contributed by atoms with Gasteiger partial charge in [0.1, 0.15) is 22.8 Å². The number of aromatic carboxylic acids is 3. The Hall–Kier alpha value is -4.53. The van der Waals surface area contributed by atoms with E-state index in [1.54, 1.807) is 12.1 Å². The number of hydrogen-bond donors (Lipinski definition) is 6. The van der Waals surface area contributed by atoms with Crippen LogP contribution in [0.5, 0.6) is 17.2 Å². The van der Waals surface area contributed by atoms with E-state index in [1.165, 1.54) is 60.7 Å². The van der Waals surface area contributed by atoms with Gasteiger partial charge in [-0.05, 0) is 54.6 Å². The van der Waals surface area contributed by atoms with E-state index in [9.17, 15) is 14.4 Å². The molecule has 9 nitrogen and oxygen atoms in total. The third-order valence-electron chi connectivity index (χ3n) is 3.34. The van der Waals surface area contributed by atoms with Gasteiger partial charge < -0.3 is 30.6 Å². The summed E-state index contributed by atoms with van der Waals surface area (Å²) in [5.74, 6) is -3.28. The van der Waals surface area contributed by atoms with Gasteiger partial charge in [-0.3, -0.25) is 0 Å². The van der Waals surface area contributed by atoms with Gasteiger partial charge in [0.25, 0.3) is 0 Å². The summed E-state index contributed by atoms with van der Waals surface area (Å²) in [6.45, 7) is 0. The summed E-state index contributed by atoms with van der Waals surface area (Å²) in [7, 11) is 0. The van der Waals surface area contributed by atoms with E-state index in [2.05, 4.69) is 0 Å². The van der Waals surface area contributed by atoms with Crippen LogP contribution in [0.1, 0.15) is 31.1 Å². The molecule has 0 saturated carbocycles. The van der Waals surface area contributed by atoms with Gasteiger partial charge in [0, 0.05) is 0 Å². The highest BCUT2D eigenvalue weighted by atomic mass is 16.4. The SMILES string of the molecule is O=C(O)c1ccc(O)cc1.O=C(O)c1cccc(O)c1.O=C(O)c1ccccc1O. The fourth-order valence-corrected chi connectivity index (χ4v) is 1.90. The van der Waals surface area contributed by atoms with Crippen LogP contribution in [0.2, 0.25) is 0 Å². The van der Waals surface area contributed by atoms with Crippen LogP contribution in [0, 0.1) is 0 Å². The number of phenols is 3. The Kier molecular flexibility index (Phi) is 8.89. The summed E-state index contributed by atoms with van der Waals surface area (Å²) in [5.41, 5.74) is 0.209. The standard InChI is InChI=1S/3C7H6O3/c8-6-3-1-5(2-4-6)7(9)10;8-6-3-1-2-5(4-6)7(9)10;8-6-4-2-1-3-5(6)7(9)10/h3*1-4,8H,(H,9,10). The number of para-hydroxylation sites is 1. The van der Waals surface area contributed by atoms with Crippen molar-refractivity contribution < 1.29 is 45.0 Å². The molecule has 0 saturated heterocycles. The largest absolute Gasteiger partial charge is 0.508 e. The molecular weight excluding hydrogens is 396 g/mol. The second kappa shape index (κ2) is 11.3. The fourth-order valence-electron chi connectivity index (χ4n) is 1.90. The van der Waals surface area contributed by atoms with Crippen molar-refractivity contribution in [3.05, 3.63) is 89.5 Å². The summed E-state index contributed by atoms with van der Waals surface area (Å²) in [5, 5.41) is 51.6. The van der Waals surface area contributed by atoms with Crippen molar-refractivity contribution in [2.45, 2.75) is 0 Å². The lowest BCUT2D eigenvalue weighted by Crippen LogP contribution is -1.95. The Bertz CT molecular complexity index is 1010. The van der Waals surface area contributed by atoms with E-state index in [4.69, 9.17) is 30.6 Å². The second-order valence-corrected chi connectivity index (χ2v) is 5.53. The zero-order valence-electron chi connectivity index (χ0n) is 15.3. The summed E-state index contributed by atoms with van der Waals surface area (Å²) in [6.07, 6.45) is 0. The van der Waals surface area contributed by atoms with E-state index in [0.717, 1.165) is 0 Å². The first kappa shape index (κ1) is 23.5. The topological polar surface area (TPSA) is 173 Å². The molecule has 3 aromatic rings. The van der Waals surface area contributed by atoms with Gasteiger partial charge in [-0.2, -0.15) is 0 Å². The molecular formula is C21H18O9. The van der Waals surface area contributed by atoms with E-state index in [-0.39, 0.29) is 33.9 Å². The van der Waals surface area contributed by atoms with E-state index in [0.29, 0.717) is 0 Å². The molecule has 0 bridgehead atoms. The Labute approximate surface area is 170 Å². The molecule has 6 N–H and O–H groups in total. The normalized spacial score (nSPS) is 9.20. The van der Waals surface area contributed by atoms with Gasteiger partial charge in [-0.1, -0.05) is 18.2 Å². The predicted molar refractivity (Wildman–Crippen MR) is 105 cm³/mol. The fraction of sp³-hybridized carbons (Fsp3) is 0. The molecule has 0 fully saturated rings. The quantitative estimate of drug-likeness (QED) is 0.376. The van der Waals surface area contributed by atoms with E-state index < -0.39 is 17.9 Å². The Morgan fingerprint density at radius 2 is 1.10 bits per heavy atom. The van der Waals surface area contributed by atoms with E-state index in [1.807, 2.05) is 0 Å². The predicted octanol–water partition coefficient (Wildman–Crippen LogP) is 3.27. The number of carboxylic acids is 3. The molecule has 0 spiro atoms. The highest BCUT2D eigenvalue weighted by Crippen LogP contribution is 2.14. The molecule has 0 heterocycles. The van der Waals surface area contributed by atoms with Crippen LogP contribution in [-0.4, -0.2) is 48.5 Å². The minimum absolute atomic E-state index is 0.0279.